The molecule has 13 heavy (non-hydrogen) atoms. The third kappa shape index (κ3) is 1.95. The fourth-order valence-electron chi connectivity index (χ4n) is 1.41. The van der Waals surface area contributed by atoms with Gasteiger partial charge in [-0.05, 0) is 25.5 Å². The number of aromatic nitrogens is 2. The van der Waals surface area contributed by atoms with E-state index in [9.17, 15) is 0 Å². The Hall–Kier alpha value is -1.16. The summed E-state index contributed by atoms with van der Waals surface area (Å²) >= 11 is 0. The molecule has 1 aromatic rings. The van der Waals surface area contributed by atoms with E-state index in [2.05, 4.69) is 20.2 Å². The van der Waals surface area contributed by atoms with Crippen LogP contribution in [0.15, 0.2) is 12.4 Å². The van der Waals surface area contributed by atoms with Gasteiger partial charge in [0.15, 0.2) is 0 Å². The van der Waals surface area contributed by atoms with Crippen molar-refractivity contribution in [2.45, 2.75) is 13.3 Å². The van der Waals surface area contributed by atoms with Crippen LogP contribution in [0.25, 0.3) is 0 Å². The molecule has 0 amide bonds. The van der Waals surface area contributed by atoms with Gasteiger partial charge in [-0.1, -0.05) is 0 Å². The second-order valence-corrected chi connectivity index (χ2v) is 3.34. The molecule has 4 heteroatoms. The Kier molecular flexibility index (Phi) is 2.40. The molecule has 4 nitrogen and oxygen atoms in total. The standard InChI is InChI=1S/C9H14N4/c1-8-5-11-9(12-6-8)13-4-2-3-10-7-13/h5-6,10H,2-4,7H2,1H3. The van der Waals surface area contributed by atoms with Crippen LogP contribution in [-0.2, 0) is 0 Å². The molecular formula is C9H14N4. The molecule has 0 atom stereocenters. The zero-order chi connectivity index (χ0) is 9.10. The van der Waals surface area contributed by atoms with Crippen molar-refractivity contribution in [2.75, 3.05) is 24.7 Å². The average molecular weight is 178 g/mol. The number of hydrogen-bond donors (Lipinski definition) is 1. The van der Waals surface area contributed by atoms with E-state index in [-0.39, 0.29) is 0 Å². The second kappa shape index (κ2) is 3.70. The second-order valence-electron chi connectivity index (χ2n) is 3.34. The van der Waals surface area contributed by atoms with Crippen LogP contribution >= 0.6 is 0 Å². The van der Waals surface area contributed by atoms with Gasteiger partial charge < -0.3 is 4.90 Å². The minimum absolute atomic E-state index is 0.831. The van der Waals surface area contributed by atoms with Crippen molar-refractivity contribution in [1.29, 1.82) is 0 Å². The van der Waals surface area contributed by atoms with Crippen LogP contribution < -0.4 is 10.2 Å². The Morgan fingerprint density at radius 2 is 2.15 bits per heavy atom. The van der Waals surface area contributed by atoms with Crippen LogP contribution in [-0.4, -0.2) is 29.7 Å². The molecule has 1 fully saturated rings. The fourth-order valence-corrected chi connectivity index (χ4v) is 1.41. The van der Waals surface area contributed by atoms with Crippen LogP contribution in [0.2, 0.25) is 0 Å². The van der Waals surface area contributed by atoms with Gasteiger partial charge in [-0.2, -0.15) is 0 Å². The van der Waals surface area contributed by atoms with Crippen LogP contribution in [0.3, 0.4) is 0 Å². The highest BCUT2D eigenvalue weighted by Crippen LogP contribution is 2.07. The van der Waals surface area contributed by atoms with Gasteiger partial charge in [0, 0.05) is 18.9 Å². The van der Waals surface area contributed by atoms with Gasteiger partial charge in [0.25, 0.3) is 0 Å². The smallest absolute Gasteiger partial charge is 0.226 e. The van der Waals surface area contributed by atoms with Crippen molar-refractivity contribution >= 4 is 5.95 Å². The van der Waals surface area contributed by atoms with E-state index in [1.54, 1.807) is 0 Å². The quantitative estimate of drug-likeness (QED) is 0.681. The molecule has 1 saturated heterocycles. The first-order chi connectivity index (χ1) is 6.36. The number of hydrogen-bond acceptors (Lipinski definition) is 4. The fraction of sp³-hybridized carbons (Fsp3) is 0.556. The van der Waals surface area contributed by atoms with Gasteiger partial charge >= 0.3 is 0 Å². The minimum atomic E-state index is 0.831. The Balaban J connectivity index is 2.10. The maximum atomic E-state index is 4.28. The highest BCUT2D eigenvalue weighted by atomic mass is 15.3. The van der Waals surface area contributed by atoms with E-state index in [1.807, 2.05) is 19.3 Å². The number of nitrogens with one attached hydrogen (secondary N) is 1. The molecule has 0 aliphatic carbocycles. The highest BCUT2D eigenvalue weighted by Gasteiger charge is 2.11. The first-order valence-electron chi connectivity index (χ1n) is 4.60. The van der Waals surface area contributed by atoms with Gasteiger partial charge in [0.2, 0.25) is 5.95 Å². The van der Waals surface area contributed by atoms with Crippen molar-refractivity contribution < 1.29 is 0 Å². The van der Waals surface area contributed by atoms with Crippen LogP contribution in [0.4, 0.5) is 5.95 Å². The lowest BCUT2D eigenvalue weighted by atomic mass is 10.3. The average Bonchev–Trinajstić information content (AvgIpc) is 2.20. The molecular weight excluding hydrogens is 164 g/mol. The van der Waals surface area contributed by atoms with Crippen LogP contribution in [0.5, 0.6) is 0 Å². The molecule has 0 bridgehead atoms. The minimum Gasteiger partial charge on any atom is -0.328 e. The van der Waals surface area contributed by atoms with Crippen molar-refractivity contribution in [1.82, 2.24) is 15.3 Å². The normalized spacial score (nSPS) is 17.5. The molecule has 1 aromatic heterocycles. The van der Waals surface area contributed by atoms with Gasteiger partial charge in [0.1, 0.15) is 0 Å². The zero-order valence-corrected chi connectivity index (χ0v) is 7.82. The summed E-state index contributed by atoms with van der Waals surface area (Å²) in [6.45, 7) is 5.01. The number of nitrogens with zero attached hydrogens (tertiary/aromatic N) is 3. The predicted octanol–water partition coefficient (Wildman–Crippen LogP) is 0.542. The lowest BCUT2D eigenvalue weighted by Crippen LogP contribution is -2.42. The molecule has 0 spiro atoms. The van der Waals surface area contributed by atoms with Gasteiger partial charge in [-0.15, -0.1) is 0 Å². The SMILES string of the molecule is Cc1cnc(N2CCCNC2)nc1. The number of aryl methyl sites for hydroxylation is 1. The monoisotopic (exact) mass is 178 g/mol. The first kappa shape index (κ1) is 8.44. The molecule has 0 radical (unpaired) electrons. The van der Waals surface area contributed by atoms with Crippen molar-refractivity contribution in [2.24, 2.45) is 0 Å². The largest absolute Gasteiger partial charge is 0.328 e. The topological polar surface area (TPSA) is 41.1 Å². The molecule has 1 N–H and O–H groups in total. The predicted molar refractivity (Wildman–Crippen MR) is 51.6 cm³/mol. The Labute approximate surface area is 78.0 Å². The molecule has 2 heterocycles. The zero-order valence-electron chi connectivity index (χ0n) is 7.82. The highest BCUT2D eigenvalue weighted by molar-refractivity contribution is 5.29. The van der Waals surface area contributed by atoms with E-state index in [1.165, 1.54) is 0 Å². The Morgan fingerprint density at radius 3 is 2.77 bits per heavy atom. The summed E-state index contributed by atoms with van der Waals surface area (Å²) in [4.78, 5) is 10.7. The molecule has 0 aromatic carbocycles. The first-order valence-corrected chi connectivity index (χ1v) is 4.60. The van der Waals surface area contributed by atoms with E-state index in [4.69, 9.17) is 0 Å². The Morgan fingerprint density at radius 1 is 1.38 bits per heavy atom. The summed E-state index contributed by atoms with van der Waals surface area (Å²) in [5, 5.41) is 3.29. The lowest BCUT2D eigenvalue weighted by Gasteiger charge is -2.27. The molecule has 70 valence electrons. The lowest BCUT2D eigenvalue weighted by molar-refractivity contribution is 0.544. The van der Waals surface area contributed by atoms with Gasteiger partial charge in [0.05, 0.1) is 6.67 Å². The molecule has 0 unspecified atom stereocenters. The van der Waals surface area contributed by atoms with E-state index < -0.39 is 0 Å². The van der Waals surface area contributed by atoms with Crippen LogP contribution in [0.1, 0.15) is 12.0 Å². The van der Waals surface area contributed by atoms with E-state index >= 15 is 0 Å². The maximum Gasteiger partial charge on any atom is 0.226 e. The van der Waals surface area contributed by atoms with E-state index in [0.29, 0.717) is 0 Å². The summed E-state index contributed by atoms with van der Waals surface area (Å²) in [7, 11) is 0. The summed E-state index contributed by atoms with van der Waals surface area (Å²) in [6, 6.07) is 0. The van der Waals surface area contributed by atoms with Crippen LogP contribution in [0, 0.1) is 6.92 Å². The number of anilines is 1. The molecule has 1 aliphatic rings. The van der Waals surface area contributed by atoms with E-state index in [0.717, 1.165) is 37.7 Å². The van der Waals surface area contributed by atoms with Gasteiger partial charge in [-0.25, -0.2) is 9.97 Å². The summed E-state index contributed by atoms with van der Waals surface area (Å²) < 4.78 is 0. The molecule has 1 aliphatic heterocycles. The van der Waals surface area contributed by atoms with Crippen molar-refractivity contribution in [3.63, 3.8) is 0 Å². The summed E-state index contributed by atoms with van der Waals surface area (Å²) in [5.74, 6) is 0.831. The molecule has 0 saturated carbocycles. The Bertz CT molecular complexity index is 263. The van der Waals surface area contributed by atoms with Crippen molar-refractivity contribution in [3.05, 3.63) is 18.0 Å². The molecule has 2 rings (SSSR count). The maximum absolute atomic E-state index is 4.28. The third-order valence-corrected chi connectivity index (χ3v) is 2.13. The summed E-state index contributed by atoms with van der Waals surface area (Å²) in [6.07, 6.45) is 4.88. The van der Waals surface area contributed by atoms with Crippen molar-refractivity contribution in [3.8, 4) is 0 Å². The third-order valence-electron chi connectivity index (χ3n) is 2.13. The number of rotatable bonds is 1. The van der Waals surface area contributed by atoms with Gasteiger partial charge in [-0.3, -0.25) is 5.32 Å². The summed E-state index contributed by atoms with van der Waals surface area (Å²) in [5.41, 5.74) is 1.11.